The van der Waals surface area contributed by atoms with E-state index in [0.717, 1.165) is 41.8 Å². The first-order valence-electron chi connectivity index (χ1n) is 9.16. The number of aryl methyl sites for hydroxylation is 1. The first-order chi connectivity index (χ1) is 13.0. The van der Waals surface area contributed by atoms with Crippen LogP contribution in [0.5, 0.6) is 0 Å². The zero-order valence-electron chi connectivity index (χ0n) is 15.1. The zero-order chi connectivity index (χ0) is 19.0. The van der Waals surface area contributed by atoms with Crippen molar-refractivity contribution in [1.29, 1.82) is 0 Å². The van der Waals surface area contributed by atoms with Gasteiger partial charge in [-0.1, -0.05) is 30.3 Å². The number of anilines is 2. The van der Waals surface area contributed by atoms with E-state index in [4.69, 9.17) is 0 Å². The van der Waals surface area contributed by atoms with Crippen LogP contribution in [0.3, 0.4) is 0 Å². The molecule has 0 spiro atoms. The Morgan fingerprint density at radius 3 is 2.70 bits per heavy atom. The van der Waals surface area contributed by atoms with Crippen molar-refractivity contribution in [3.05, 3.63) is 59.2 Å². The minimum atomic E-state index is -0.706. The van der Waals surface area contributed by atoms with Gasteiger partial charge in [0.25, 0.3) is 0 Å². The second-order valence-corrected chi connectivity index (χ2v) is 7.01. The number of nitrogens with zero attached hydrogens (tertiary/aromatic N) is 1. The highest BCUT2D eigenvalue weighted by Gasteiger charge is 2.38. The molecule has 1 unspecified atom stereocenters. The van der Waals surface area contributed by atoms with Gasteiger partial charge in [0.15, 0.2) is 0 Å². The van der Waals surface area contributed by atoms with E-state index in [9.17, 15) is 14.4 Å². The van der Waals surface area contributed by atoms with Crippen LogP contribution in [0.1, 0.15) is 36.0 Å². The Hall–Kier alpha value is -3.15. The summed E-state index contributed by atoms with van der Waals surface area (Å²) in [5.74, 6) is -1.50. The third kappa shape index (κ3) is 3.18. The molecule has 0 aliphatic carbocycles. The molecule has 6 nitrogen and oxygen atoms in total. The Bertz CT molecular complexity index is 924. The highest BCUT2D eigenvalue weighted by molar-refractivity contribution is 6.39. The predicted octanol–water partition coefficient (Wildman–Crippen LogP) is 2.34. The van der Waals surface area contributed by atoms with Gasteiger partial charge in [-0.25, -0.2) is 0 Å². The van der Waals surface area contributed by atoms with E-state index in [1.54, 1.807) is 0 Å². The minimum absolute atomic E-state index is 0.107. The van der Waals surface area contributed by atoms with Crippen molar-refractivity contribution in [2.24, 2.45) is 0 Å². The number of hydrogen-bond acceptors (Lipinski definition) is 3. The van der Waals surface area contributed by atoms with Gasteiger partial charge in [0.05, 0.1) is 11.6 Å². The van der Waals surface area contributed by atoms with Crippen molar-refractivity contribution in [3.8, 4) is 0 Å². The molecule has 2 aliphatic rings. The summed E-state index contributed by atoms with van der Waals surface area (Å²) in [4.78, 5) is 38.6. The Labute approximate surface area is 157 Å². The van der Waals surface area contributed by atoms with Crippen LogP contribution in [0.15, 0.2) is 42.5 Å². The summed E-state index contributed by atoms with van der Waals surface area (Å²) in [5, 5.41) is 5.30. The van der Waals surface area contributed by atoms with Crippen molar-refractivity contribution in [3.63, 3.8) is 0 Å². The fourth-order valence-corrected chi connectivity index (χ4v) is 3.81. The van der Waals surface area contributed by atoms with Gasteiger partial charge in [-0.3, -0.25) is 14.4 Å². The lowest BCUT2D eigenvalue weighted by atomic mass is 9.96. The molecule has 0 bridgehead atoms. The summed E-state index contributed by atoms with van der Waals surface area (Å²) in [6.07, 6.45) is 1.77. The molecule has 0 saturated heterocycles. The van der Waals surface area contributed by atoms with Gasteiger partial charge < -0.3 is 15.5 Å². The molecule has 2 aliphatic heterocycles. The smallest absolute Gasteiger partial charge is 0.313 e. The molecule has 0 fully saturated rings. The van der Waals surface area contributed by atoms with Crippen LogP contribution in [-0.2, 0) is 27.3 Å². The number of rotatable bonds is 3. The van der Waals surface area contributed by atoms with Gasteiger partial charge >= 0.3 is 11.8 Å². The van der Waals surface area contributed by atoms with E-state index in [-0.39, 0.29) is 11.8 Å². The number of benzene rings is 2. The number of hydrogen-bond donors (Lipinski definition) is 2. The molecule has 2 aromatic carbocycles. The third-order valence-corrected chi connectivity index (χ3v) is 5.18. The molecule has 3 amide bonds. The lowest BCUT2D eigenvalue weighted by Gasteiger charge is -2.26. The molecule has 0 saturated carbocycles. The van der Waals surface area contributed by atoms with E-state index >= 15 is 0 Å². The quantitative estimate of drug-likeness (QED) is 0.822. The number of amides is 3. The maximum atomic E-state index is 12.4. The van der Waals surface area contributed by atoms with Gasteiger partial charge in [-0.05, 0) is 48.6 Å². The summed E-state index contributed by atoms with van der Waals surface area (Å²) < 4.78 is 0. The number of nitrogens with one attached hydrogen (secondary N) is 2. The summed E-state index contributed by atoms with van der Waals surface area (Å²) in [6.45, 7) is 2.92. The molecule has 4 rings (SSSR count). The number of carbonyl (C=O) groups excluding carboxylic acids is 3. The highest BCUT2D eigenvalue weighted by Crippen LogP contribution is 2.44. The van der Waals surface area contributed by atoms with Crippen molar-refractivity contribution in [2.45, 2.75) is 32.2 Å². The number of carbonyl (C=O) groups is 3. The predicted molar refractivity (Wildman–Crippen MR) is 102 cm³/mol. The molecule has 2 heterocycles. The Morgan fingerprint density at radius 2 is 1.93 bits per heavy atom. The SMILES string of the molecule is CC1C(=O)N2CCCc3cc(NC(=O)C(=O)NCc4ccccc4)cc1c32. The van der Waals surface area contributed by atoms with Crippen LogP contribution in [-0.4, -0.2) is 24.3 Å². The molecule has 0 radical (unpaired) electrons. The fourth-order valence-electron chi connectivity index (χ4n) is 3.81. The molecule has 2 aromatic rings. The minimum Gasteiger partial charge on any atom is -0.344 e. The molecule has 27 heavy (non-hydrogen) atoms. The maximum absolute atomic E-state index is 12.4. The zero-order valence-corrected chi connectivity index (χ0v) is 15.1. The molecule has 0 aromatic heterocycles. The molecule has 138 valence electrons. The Kier molecular flexibility index (Phi) is 4.39. The lowest BCUT2D eigenvalue weighted by Crippen LogP contribution is -2.35. The third-order valence-electron chi connectivity index (χ3n) is 5.18. The average molecular weight is 363 g/mol. The van der Waals surface area contributed by atoms with Crippen LogP contribution < -0.4 is 15.5 Å². The monoisotopic (exact) mass is 363 g/mol. The average Bonchev–Trinajstić information content (AvgIpc) is 2.93. The van der Waals surface area contributed by atoms with E-state index in [2.05, 4.69) is 10.6 Å². The van der Waals surface area contributed by atoms with Crippen LogP contribution >= 0.6 is 0 Å². The highest BCUT2D eigenvalue weighted by atomic mass is 16.2. The topological polar surface area (TPSA) is 78.5 Å². The summed E-state index contributed by atoms with van der Waals surface area (Å²) in [7, 11) is 0. The van der Waals surface area contributed by atoms with E-state index in [0.29, 0.717) is 12.2 Å². The normalized spacial score (nSPS) is 17.4. The first kappa shape index (κ1) is 17.3. The summed E-state index contributed by atoms with van der Waals surface area (Å²) >= 11 is 0. The molecule has 2 N–H and O–H groups in total. The molecule has 1 atom stereocenters. The van der Waals surface area contributed by atoms with Crippen LogP contribution in [0.4, 0.5) is 11.4 Å². The van der Waals surface area contributed by atoms with Crippen LogP contribution in [0.2, 0.25) is 0 Å². The molecular formula is C21H21N3O3. The van der Waals surface area contributed by atoms with Crippen LogP contribution in [0.25, 0.3) is 0 Å². The van der Waals surface area contributed by atoms with Crippen molar-refractivity contribution >= 4 is 29.1 Å². The Morgan fingerprint density at radius 1 is 1.15 bits per heavy atom. The van der Waals surface area contributed by atoms with Gasteiger partial charge in [0, 0.05) is 18.8 Å². The summed E-state index contributed by atoms with van der Waals surface area (Å²) in [6, 6.07) is 13.1. The second kappa shape index (κ2) is 6.87. The van der Waals surface area contributed by atoms with Crippen molar-refractivity contribution in [1.82, 2.24) is 5.32 Å². The van der Waals surface area contributed by atoms with E-state index in [1.807, 2.05) is 54.3 Å². The molecular weight excluding hydrogens is 342 g/mol. The lowest BCUT2D eigenvalue weighted by molar-refractivity contribution is -0.136. The standard InChI is InChI=1S/C21H21N3O3/c1-13-17-11-16(10-15-8-5-9-24(18(15)17)21(13)27)23-20(26)19(25)22-12-14-6-3-2-4-7-14/h2-4,6-7,10-11,13H,5,8-9,12H2,1H3,(H,22,25)(H,23,26). The molecule has 6 heteroatoms. The van der Waals surface area contributed by atoms with Gasteiger partial charge in [-0.15, -0.1) is 0 Å². The summed E-state index contributed by atoms with van der Waals surface area (Å²) in [5.41, 5.74) is 4.46. The second-order valence-electron chi connectivity index (χ2n) is 7.01. The first-order valence-corrected chi connectivity index (χ1v) is 9.16. The maximum Gasteiger partial charge on any atom is 0.313 e. The van der Waals surface area contributed by atoms with E-state index in [1.165, 1.54) is 0 Å². The van der Waals surface area contributed by atoms with Crippen molar-refractivity contribution < 1.29 is 14.4 Å². The van der Waals surface area contributed by atoms with E-state index < -0.39 is 11.8 Å². The fraction of sp³-hybridized carbons (Fsp3) is 0.286. The van der Waals surface area contributed by atoms with Gasteiger partial charge in [0.2, 0.25) is 5.91 Å². The van der Waals surface area contributed by atoms with Crippen molar-refractivity contribution in [2.75, 3.05) is 16.8 Å². The van der Waals surface area contributed by atoms with Gasteiger partial charge in [0.1, 0.15) is 0 Å². The van der Waals surface area contributed by atoms with Crippen LogP contribution in [0, 0.1) is 0 Å². The van der Waals surface area contributed by atoms with Gasteiger partial charge in [-0.2, -0.15) is 0 Å². The largest absolute Gasteiger partial charge is 0.344 e. The Balaban J connectivity index is 1.48.